The summed E-state index contributed by atoms with van der Waals surface area (Å²) in [5, 5.41) is 0. The molecule has 0 unspecified atom stereocenters. The van der Waals surface area contributed by atoms with Crippen LogP contribution in [0.3, 0.4) is 0 Å². The van der Waals surface area contributed by atoms with Gasteiger partial charge in [0.05, 0.1) is 13.2 Å². The molecular formula is C20H24O2S. The Balaban J connectivity index is 1.78. The van der Waals surface area contributed by atoms with Crippen molar-refractivity contribution in [3.8, 4) is 5.75 Å². The SMILES string of the molecule is CSc1ccccc1COc1ccc(C(C)C)c(C2COC2)c1. The molecule has 0 aromatic heterocycles. The van der Waals surface area contributed by atoms with Crippen LogP contribution in [0.15, 0.2) is 47.4 Å². The summed E-state index contributed by atoms with van der Waals surface area (Å²) >= 11 is 1.76. The highest BCUT2D eigenvalue weighted by Gasteiger charge is 2.24. The third kappa shape index (κ3) is 3.73. The third-order valence-corrected chi connectivity index (χ3v) is 5.18. The smallest absolute Gasteiger partial charge is 0.120 e. The number of benzene rings is 2. The largest absolute Gasteiger partial charge is 0.489 e. The molecule has 0 spiro atoms. The van der Waals surface area contributed by atoms with Crippen molar-refractivity contribution >= 4 is 11.8 Å². The fourth-order valence-electron chi connectivity index (χ4n) is 2.92. The minimum absolute atomic E-state index is 0.523. The van der Waals surface area contributed by atoms with Gasteiger partial charge in [-0.25, -0.2) is 0 Å². The van der Waals surface area contributed by atoms with Crippen molar-refractivity contribution in [1.29, 1.82) is 0 Å². The van der Waals surface area contributed by atoms with Crippen LogP contribution >= 0.6 is 11.8 Å². The minimum atomic E-state index is 0.523. The molecule has 1 saturated heterocycles. The summed E-state index contributed by atoms with van der Waals surface area (Å²) in [7, 11) is 0. The van der Waals surface area contributed by atoms with E-state index in [1.807, 2.05) is 0 Å². The van der Waals surface area contributed by atoms with Crippen LogP contribution in [-0.4, -0.2) is 19.5 Å². The molecule has 1 fully saturated rings. The monoisotopic (exact) mass is 328 g/mol. The number of rotatable bonds is 6. The first kappa shape index (κ1) is 16.4. The zero-order valence-corrected chi connectivity index (χ0v) is 14.9. The molecule has 0 bridgehead atoms. The minimum Gasteiger partial charge on any atom is -0.489 e. The summed E-state index contributed by atoms with van der Waals surface area (Å²) in [5.74, 6) is 2.00. The Kier molecular flexibility index (Phi) is 5.29. The van der Waals surface area contributed by atoms with Crippen LogP contribution in [0, 0.1) is 0 Å². The van der Waals surface area contributed by atoms with Gasteiger partial charge in [0.25, 0.3) is 0 Å². The van der Waals surface area contributed by atoms with E-state index in [0.717, 1.165) is 19.0 Å². The molecule has 2 nitrogen and oxygen atoms in total. The van der Waals surface area contributed by atoms with Gasteiger partial charge in [-0.05, 0) is 41.5 Å². The van der Waals surface area contributed by atoms with Crippen molar-refractivity contribution in [3.63, 3.8) is 0 Å². The fraction of sp³-hybridized carbons (Fsp3) is 0.400. The van der Waals surface area contributed by atoms with Crippen LogP contribution < -0.4 is 4.74 Å². The quantitative estimate of drug-likeness (QED) is 0.677. The van der Waals surface area contributed by atoms with E-state index in [0.29, 0.717) is 18.4 Å². The van der Waals surface area contributed by atoms with Crippen molar-refractivity contribution < 1.29 is 9.47 Å². The molecule has 0 N–H and O–H groups in total. The molecule has 2 aromatic carbocycles. The Morgan fingerprint density at radius 2 is 1.96 bits per heavy atom. The molecule has 0 aliphatic carbocycles. The van der Waals surface area contributed by atoms with Gasteiger partial charge in [-0.1, -0.05) is 38.1 Å². The molecule has 2 aromatic rings. The normalized spacial score (nSPS) is 14.8. The molecule has 23 heavy (non-hydrogen) atoms. The zero-order valence-electron chi connectivity index (χ0n) is 14.0. The van der Waals surface area contributed by atoms with E-state index >= 15 is 0 Å². The van der Waals surface area contributed by atoms with Crippen LogP contribution in [0.2, 0.25) is 0 Å². The maximum absolute atomic E-state index is 6.07. The number of thioether (sulfide) groups is 1. The van der Waals surface area contributed by atoms with E-state index in [-0.39, 0.29) is 0 Å². The molecule has 3 heteroatoms. The Morgan fingerprint density at radius 1 is 1.17 bits per heavy atom. The van der Waals surface area contributed by atoms with Crippen LogP contribution in [0.1, 0.15) is 42.4 Å². The van der Waals surface area contributed by atoms with E-state index < -0.39 is 0 Å². The Bertz CT molecular complexity index is 662. The van der Waals surface area contributed by atoms with Crippen molar-refractivity contribution in [2.24, 2.45) is 0 Å². The second kappa shape index (κ2) is 7.41. The van der Waals surface area contributed by atoms with E-state index in [9.17, 15) is 0 Å². The van der Waals surface area contributed by atoms with Crippen molar-refractivity contribution in [2.75, 3.05) is 19.5 Å². The summed E-state index contributed by atoms with van der Waals surface area (Å²) in [6.07, 6.45) is 2.10. The highest BCUT2D eigenvalue weighted by molar-refractivity contribution is 7.98. The number of hydrogen-bond donors (Lipinski definition) is 0. The molecule has 0 amide bonds. The first-order valence-corrected chi connectivity index (χ1v) is 9.37. The molecule has 0 atom stereocenters. The van der Waals surface area contributed by atoms with Gasteiger partial charge in [-0.2, -0.15) is 0 Å². The fourth-order valence-corrected chi connectivity index (χ4v) is 3.52. The van der Waals surface area contributed by atoms with Crippen LogP contribution in [-0.2, 0) is 11.3 Å². The molecular weight excluding hydrogens is 304 g/mol. The topological polar surface area (TPSA) is 18.5 Å². The Labute approximate surface area is 143 Å². The van der Waals surface area contributed by atoms with Gasteiger partial charge in [-0.3, -0.25) is 0 Å². The standard InChI is InChI=1S/C20H24O2S/c1-14(2)18-9-8-17(10-19(18)16-11-21-12-16)22-13-15-6-4-5-7-20(15)23-3/h4-10,14,16H,11-13H2,1-3H3. The third-order valence-electron chi connectivity index (χ3n) is 4.35. The van der Waals surface area contributed by atoms with Crippen LogP contribution in [0.4, 0.5) is 0 Å². The lowest BCUT2D eigenvalue weighted by atomic mass is 9.87. The number of hydrogen-bond acceptors (Lipinski definition) is 3. The van der Waals surface area contributed by atoms with Crippen LogP contribution in [0.25, 0.3) is 0 Å². The van der Waals surface area contributed by atoms with E-state index in [2.05, 4.69) is 62.6 Å². The van der Waals surface area contributed by atoms with Crippen LogP contribution in [0.5, 0.6) is 5.75 Å². The molecule has 0 radical (unpaired) electrons. The van der Waals surface area contributed by atoms with Gasteiger partial charge in [0.1, 0.15) is 12.4 Å². The van der Waals surface area contributed by atoms with Gasteiger partial charge in [0.15, 0.2) is 0 Å². The summed E-state index contributed by atoms with van der Waals surface area (Å²) in [4.78, 5) is 1.28. The number of ether oxygens (including phenoxy) is 2. The summed E-state index contributed by atoms with van der Waals surface area (Å²) < 4.78 is 11.5. The van der Waals surface area contributed by atoms with Crippen molar-refractivity contribution in [3.05, 3.63) is 59.2 Å². The molecule has 1 aliphatic heterocycles. The lowest BCUT2D eigenvalue weighted by Gasteiger charge is -2.29. The summed E-state index contributed by atoms with van der Waals surface area (Å²) in [5.41, 5.74) is 4.04. The van der Waals surface area contributed by atoms with Gasteiger partial charge < -0.3 is 9.47 Å². The maximum Gasteiger partial charge on any atom is 0.120 e. The second-order valence-electron chi connectivity index (χ2n) is 6.28. The second-order valence-corrected chi connectivity index (χ2v) is 7.13. The highest BCUT2D eigenvalue weighted by atomic mass is 32.2. The van der Waals surface area contributed by atoms with E-state index in [4.69, 9.17) is 9.47 Å². The van der Waals surface area contributed by atoms with E-state index in [1.54, 1.807) is 11.8 Å². The molecule has 1 aliphatic rings. The van der Waals surface area contributed by atoms with Gasteiger partial charge in [-0.15, -0.1) is 11.8 Å². The molecule has 3 rings (SSSR count). The maximum atomic E-state index is 6.07. The van der Waals surface area contributed by atoms with E-state index in [1.165, 1.54) is 21.6 Å². The lowest BCUT2D eigenvalue weighted by molar-refractivity contribution is 0.00791. The predicted molar refractivity (Wildman–Crippen MR) is 96.6 cm³/mol. The molecule has 0 saturated carbocycles. The van der Waals surface area contributed by atoms with Gasteiger partial charge in [0, 0.05) is 16.4 Å². The Morgan fingerprint density at radius 3 is 2.61 bits per heavy atom. The molecule has 1 heterocycles. The average molecular weight is 328 g/mol. The van der Waals surface area contributed by atoms with Gasteiger partial charge in [0.2, 0.25) is 0 Å². The van der Waals surface area contributed by atoms with Crippen molar-refractivity contribution in [1.82, 2.24) is 0 Å². The van der Waals surface area contributed by atoms with Crippen molar-refractivity contribution in [2.45, 2.75) is 37.2 Å². The van der Waals surface area contributed by atoms with Gasteiger partial charge >= 0.3 is 0 Å². The first-order chi connectivity index (χ1) is 11.2. The Hall–Kier alpha value is -1.45. The molecule has 122 valence electrons. The summed E-state index contributed by atoms with van der Waals surface area (Å²) in [6.45, 7) is 6.76. The zero-order chi connectivity index (χ0) is 16.2. The highest BCUT2D eigenvalue weighted by Crippen LogP contribution is 2.34. The summed E-state index contributed by atoms with van der Waals surface area (Å²) in [6, 6.07) is 14.9. The predicted octanol–water partition coefficient (Wildman–Crippen LogP) is 5.22. The average Bonchev–Trinajstić information content (AvgIpc) is 2.51. The lowest BCUT2D eigenvalue weighted by Crippen LogP contribution is -2.26. The first-order valence-electron chi connectivity index (χ1n) is 8.15.